The van der Waals surface area contributed by atoms with Gasteiger partial charge in [-0.3, -0.25) is 4.31 Å². The topological polar surface area (TPSA) is 67.6 Å². The van der Waals surface area contributed by atoms with Crippen molar-refractivity contribution in [3.63, 3.8) is 0 Å². The molecule has 0 bridgehead atoms. The monoisotopic (exact) mass is 305 g/mol. The summed E-state index contributed by atoms with van der Waals surface area (Å²) in [6.07, 6.45) is 1.47. The van der Waals surface area contributed by atoms with Gasteiger partial charge in [0, 0.05) is 22.9 Å². The van der Waals surface area contributed by atoms with Crippen molar-refractivity contribution in [2.24, 2.45) is 0 Å². The Bertz CT molecular complexity index is 865. The van der Waals surface area contributed by atoms with Gasteiger partial charge in [-0.05, 0) is 24.6 Å². The Labute approximate surface area is 122 Å². The van der Waals surface area contributed by atoms with Crippen LogP contribution in [0, 0.1) is 6.92 Å². The predicted octanol–water partition coefficient (Wildman–Crippen LogP) is 2.57. The van der Waals surface area contributed by atoms with Crippen LogP contribution in [0.4, 0.5) is 5.69 Å². The highest BCUT2D eigenvalue weighted by Crippen LogP contribution is 2.25. The number of rotatable bonds is 5. The van der Waals surface area contributed by atoms with Crippen molar-refractivity contribution in [1.29, 1.82) is 0 Å². The Hall–Kier alpha value is -2.34. The van der Waals surface area contributed by atoms with E-state index in [9.17, 15) is 13.2 Å². The summed E-state index contributed by atoms with van der Waals surface area (Å²) in [4.78, 5) is 11.4. The number of hydrogen-bond donors (Lipinski definition) is 0. The summed E-state index contributed by atoms with van der Waals surface area (Å²) in [7, 11) is -3.66. The number of sulfonamides is 1. The maximum Gasteiger partial charge on any atom is 0.336 e. The smallest absolute Gasteiger partial charge is 0.336 e. The fourth-order valence-corrected chi connectivity index (χ4v) is 2.93. The standard InChI is InChI=1S/C15H15NO4S/c1-4-8-16(21(18,19)5-2)12-6-7-13-11(3)9-15(17)20-14(13)10-12/h4-7,9-10H,1-2,8H2,3H3. The Kier molecular flexibility index (Phi) is 3.99. The second kappa shape index (κ2) is 5.57. The van der Waals surface area contributed by atoms with E-state index in [1.165, 1.54) is 18.2 Å². The predicted molar refractivity (Wildman–Crippen MR) is 83.9 cm³/mol. The van der Waals surface area contributed by atoms with Crippen molar-refractivity contribution in [2.75, 3.05) is 10.8 Å². The zero-order valence-corrected chi connectivity index (χ0v) is 12.4. The highest BCUT2D eigenvalue weighted by atomic mass is 32.2. The van der Waals surface area contributed by atoms with Crippen LogP contribution in [-0.4, -0.2) is 15.0 Å². The van der Waals surface area contributed by atoms with Gasteiger partial charge in [-0.15, -0.1) is 6.58 Å². The summed E-state index contributed by atoms with van der Waals surface area (Å²) in [5.41, 5.74) is 1.02. The summed E-state index contributed by atoms with van der Waals surface area (Å²) >= 11 is 0. The van der Waals surface area contributed by atoms with Gasteiger partial charge in [0.15, 0.2) is 0 Å². The highest BCUT2D eigenvalue weighted by Gasteiger charge is 2.18. The average molecular weight is 305 g/mol. The van der Waals surface area contributed by atoms with Crippen LogP contribution >= 0.6 is 0 Å². The summed E-state index contributed by atoms with van der Waals surface area (Å²) in [6.45, 7) is 8.75. The van der Waals surface area contributed by atoms with Crippen LogP contribution in [0.5, 0.6) is 0 Å². The maximum atomic E-state index is 12.0. The molecule has 0 N–H and O–H groups in total. The Morgan fingerprint density at radius 3 is 2.62 bits per heavy atom. The van der Waals surface area contributed by atoms with Crippen LogP contribution in [0.25, 0.3) is 11.0 Å². The molecule has 21 heavy (non-hydrogen) atoms. The third-order valence-electron chi connectivity index (χ3n) is 3.04. The first-order valence-electron chi connectivity index (χ1n) is 6.19. The Morgan fingerprint density at radius 2 is 2.00 bits per heavy atom. The third kappa shape index (κ3) is 2.90. The molecule has 2 rings (SSSR count). The van der Waals surface area contributed by atoms with Crippen molar-refractivity contribution < 1.29 is 12.8 Å². The van der Waals surface area contributed by atoms with Crippen LogP contribution in [0.1, 0.15) is 5.56 Å². The van der Waals surface area contributed by atoms with Crippen molar-refractivity contribution in [3.05, 3.63) is 64.9 Å². The largest absolute Gasteiger partial charge is 0.423 e. The van der Waals surface area contributed by atoms with Gasteiger partial charge in [0.2, 0.25) is 0 Å². The fraction of sp³-hybridized carbons (Fsp3) is 0.133. The molecule has 0 saturated heterocycles. The summed E-state index contributed by atoms with van der Waals surface area (Å²) in [5.74, 6) is 0. The van der Waals surface area contributed by atoms with E-state index in [1.807, 2.05) is 0 Å². The lowest BCUT2D eigenvalue weighted by atomic mass is 10.1. The number of nitrogens with zero attached hydrogens (tertiary/aromatic N) is 1. The lowest BCUT2D eigenvalue weighted by molar-refractivity contribution is 0.560. The molecule has 0 saturated carbocycles. The lowest BCUT2D eigenvalue weighted by Gasteiger charge is -2.21. The van der Waals surface area contributed by atoms with Gasteiger partial charge in [-0.25, -0.2) is 13.2 Å². The van der Waals surface area contributed by atoms with E-state index < -0.39 is 15.6 Å². The van der Waals surface area contributed by atoms with Gasteiger partial charge < -0.3 is 4.42 Å². The summed E-state index contributed by atoms with van der Waals surface area (Å²) in [6, 6.07) is 6.29. The van der Waals surface area contributed by atoms with E-state index in [1.54, 1.807) is 19.1 Å². The molecular weight excluding hydrogens is 290 g/mol. The molecule has 0 atom stereocenters. The second-order valence-electron chi connectivity index (χ2n) is 4.46. The first kappa shape index (κ1) is 15.1. The minimum Gasteiger partial charge on any atom is -0.423 e. The van der Waals surface area contributed by atoms with Gasteiger partial charge in [0.25, 0.3) is 10.0 Å². The zero-order valence-electron chi connectivity index (χ0n) is 11.6. The van der Waals surface area contributed by atoms with E-state index in [0.717, 1.165) is 20.7 Å². The quantitative estimate of drug-likeness (QED) is 0.629. The van der Waals surface area contributed by atoms with Crippen LogP contribution in [0.15, 0.2) is 58.1 Å². The van der Waals surface area contributed by atoms with Gasteiger partial charge in [0.05, 0.1) is 12.2 Å². The maximum absolute atomic E-state index is 12.0. The molecule has 0 fully saturated rings. The normalized spacial score (nSPS) is 11.3. The summed E-state index contributed by atoms with van der Waals surface area (Å²) in [5, 5.41) is 1.63. The summed E-state index contributed by atoms with van der Waals surface area (Å²) < 4.78 is 30.3. The fourth-order valence-electron chi connectivity index (χ4n) is 2.03. The van der Waals surface area contributed by atoms with Gasteiger partial charge >= 0.3 is 5.63 Å². The van der Waals surface area contributed by atoms with Gasteiger partial charge in [-0.1, -0.05) is 12.7 Å². The second-order valence-corrected chi connectivity index (χ2v) is 6.26. The first-order valence-corrected chi connectivity index (χ1v) is 7.70. The Balaban J connectivity index is 2.67. The molecular formula is C15H15NO4S. The van der Waals surface area contributed by atoms with Crippen molar-refractivity contribution in [2.45, 2.75) is 6.92 Å². The molecule has 1 heterocycles. The number of anilines is 1. The molecule has 110 valence electrons. The molecule has 2 aromatic rings. The highest BCUT2D eigenvalue weighted by molar-refractivity contribution is 7.95. The van der Waals surface area contributed by atoms with Gasteiger partial charge in [0.1, 0.15) is 5.58 Å². The molecule has 0 aliphatic rings. The molecule has 0 aliphatic heterocycles. The van der Waals surface area contributed by atoms with E-state index in [-0.39, 0.29) is 6.54 Å². The molecule has 0 radical (unpaired) electrons. The number of benzene rings is 1. The molecule has 0 spiro atoms. The average Bonchev–Trinajstić information content (AvgIpc) is 2.43. The molecule has 0 aliphatic carbocycles. The minimum absolute atomic E-state index is 0.0932. The van der Waals surface area contributed by atoms with Crippen LogP contribution in [0.2, 0.25) is 0 Å². The SMILES string of the molecule is C=CCN(c1ccc2c(C)cc(=O)oc2c1)S(=O)(=O)C=C. The number of fused-ring (bicyclic) bond motifs is 1. The molecule has 6 heteroatoms. The third-order valence-corrected chi connectivity index (χ3v) is 4.43. The molecule has 0 unspecified atom stereocenters. The minimum atomic E-state index is -3.66. The molecule has 1 aromatic carbocycles. The molecule has 0 amide bonds. The van der Waals surface area contributed by atoms with Crippen molar-refractivity contribution in [1.82, 2.24) is 0 Å². The number of aryl methyl sites for hydroxylation is 1. The van der Waals surface area contributed by atoms with E-state index >= 15 is 0 Å². The van der Waals surface area contributed by atoms with Crippen molar-refractivity contribution >= 4 is 26.7 Å². The van der Waals surface area contributed by atoms with Crippen LogP contribution < -0.4 is 9.93 Å². The molecule has 5 nitrogen and oxygen atoms in total. The van der Waals surface area contributed by atoms with E-state index in [4.69, 9.17) is 4.42 Å². The molecule has 1 aromatic heterocycles. The Morgan fingerprint density at radius 1 is 1.29 bits per heavy atom. The zero-order chi connectivity index (χ0) is 15.6. The van der Waals surface area contributed by atoms with Crippen LogP contribution in [0.3, 0.4) is 0 Å². The number of hydrogen-bond acceptors (Lipinski definition) is 4. The van der Waals surface area contributed by atoms with E-state index in [0.29, 0.717) is 11.3 Å². The lowest BCUT2D eigenvalue weighted by Crippen LogP contribution is -2.29. The van der Waals surface area contributed by atoms with Crippen molar-refractivity contribution in [3.8, 4) is 0 Å². The first-order chi connectivity index (χ1) is 9.89. The van der Waals surface area contributed by atoms with E-state index in [2.05, 4.69) is 13.2 Å². The van der Waals surface area contributed by atoms with Gasteiger partial charge in [-0.2, -0.15) is 0 Å². The van der Waals surface area contributed by atoms with Crippen LogP contribution in [-0.2, 0) is 10.0 Å².